The van der Waals surface area contributed by atoms with Gasteiger partial charge in [-0.3, -0.25) is 9.59 Å². The fourth-order valence-corrected chi connectivity index (χ4v) is 3.99. The van der Waals surface area contributed by atoms with Gasteiger partial charge in [0.15, 0.2) is 17.4 Å². The first-order valence-corrected chi connectivity index (χ1v) is 11.2. The number of aliphatic carboxylic acids is 1. The van der Waals surface area contributed by atoms with Gasteiger partial charge in [0, 0.05) is 40.7 Å². The Bertz CT molecular complexity index is 1440. The Morgan fingerprint density at radius 1 is 1.03 bits per heavy atom. The summed E-state index contributed by atoms with van der Waals surface area (Å²) in [5.41, 5.74) is 1.76. The van der Waals surface area contributed by atoms with Crippen LogP contribution in [0.15, 0.2) is 60.8 Å². The summed E-state index contributed by atoms with van der Waals surface area (Å²) in [6.07, 6.45) is 1.46. The maximum Gasteiger partial charge on any atom is 0.309 e. The van der Waals surface area contributed by atoms with Crippen molar-refractivity contribution in [2.45, 2.75) is 26.9 Å². The second kappa shape index (κ2) is 9.81. The van der Waals surface area contributed by atoms with Gasteiger partial charge in [-0.25, -0.2) is 8.78 Å². The van der Waals surface area contributed by atoms with Crippen molar-refractivity contribution in [3.05, 3.63) is 83.6 Å². The lowest BCUT2D eigenvalue weighted by atomic mass is 9.85. The number of carboxylic acids is 1. The van der Waals surface area contributed by atoms with E-state index in [0.717, 1.165) is 23.2 Å². The molecule has 186 valence electrons. The number of hydrogen-bond acceptors (Lipinski definition) is 4. The number of carboxylic acid groups (broad SMARTS) is 1. The predicted molar refractivity (Wildman–Crippen MR) is 131 cm³/mol. The van der Waals surface area contributed by atoms with Crippen LogP contribution in [-0.2, 0) is 11.4 Å². The van der Waals surface area contributed by atoms with Gasteiger partial charge in [0.1, 0.15) is 18.1 Å². The number of ether oxygens (including phenoxy) is 2. The standard InChI is InChI=1S/C28H25F2NO5/c1-28(2,27(33)34)13-24(32)20-14-31-23-6-4-5-17(26(20)23)15-36-18-9-7-16(8-10-18)19-11-21(29)22(30)12-25(19)35-3/h4-12,14,31H,13,15H2,1-3H3,(H,33,34). The molecule has 36 heavy (non-hydrogen) atoms. The van der Waals surface area contributed by atoms with Crippen molar-refractivity contribution in [3.63, 3.8) is 0 Å². The summed E-state index contributed by atoms with van der Waals surface area (Å²) in [4.78, 5) is 27.5. The van der Waals surface area contributed by atoms with Crippen LogP contribution >= 0.6 is 0 Å². The van der Waals surface area contributed by atoms with Crippen molar-refractivity contribution in [2.24, 2.45) is 5.41 Å². The number of fused-ring (bicyclic) bond motifs is 1. The monoisotopic (exact) mass is 493 g/mol. The number of Topliss-reactive ketones (excluding diaryl/α,β-unsaturated/α-hetero) is 1. The van der Waals surface area contributed by atoms with Crippen molar-refractivity contribution in [1.29, 1.82) is 0 Å². The molecule has 0 amide bonds. The van der Waals surface area contributed by atoms with Gasteiger partial charge >= 0.3 is 5.97 Å². The normalized spacial score (nSPS) is 11.5. The number of aromatic amines is 1. The highest BCUT2D eigenvalue weighted by molar-refractivity contribution is 6.10. The molecular formula is C28H25F2NO5. The minimum absolute atomic E-state index is 0.140. The number of nitrogens with one attached hydrogen (secondary N) is 1. The van der Waals surface area contributed by atoms with E-state index in [9.17, 15) is 23.5 Å². The molecule has 1 aromatic heterocycles. The summed E-state index contributed by atoms with van der Waals surface area (Å²) < 4.78 is 38.5. The summed E-state index contributed by atoms with van der Waals surface area (Å²) in [7, 11) is 1.39. The van der Waals surface area contributed by atoms with Crippen molar-refractivity contribution in [2.75, 3.05) is 7.11 Å². The SMILES string of the molecule is COc1cc(F)c(F)cc1-c1ccc(OCc2cccc3[nH]cc(C(=O)CC(C)(C)C(=O)O)c23)cc1. The maximum atomic E-state index is 13.8. The highest BCUT2D eigenvalue weighted by atomic mass is 19.2. The summed E-state index contributed by atoms with van der Waals surface area (Å²) in [6.45, 7) is 3.20. The predicted octanol–water partition coefficient (Wildman–Crippen LogP) is 6.38. The zero-order valence-corrected chi connectivity index (χ0v) is 20.0. The molecule has 0 atom stereocenters. The van der Waals surface area contributed by atoms with Crippen LogP contribution in [0, 0.1) is 17.0 Å². The van der Waals surface area contributed by atoms with Gasteiger partial charge in [-0.2, -0.15) is 0 Å². The molecule has 6 nitrogen and oxygen atoms in total. The molecule has 2 N–H and O–H groups in total. The van der Waals surface area contributed by atoms with Crippen LogP contribution in [0.5, 0.6) is 11.5 Å². The highest BCUT2D eigenvalue weighted by Crippen LogP contribution is 2.34. The molecule has 4 aromatic rings. The molecular weight excluding hydrogens is 468 g/mol. The van der Waals surface area contributed by atoms with Crippen LogP contribution in [0.3, 0.4) is 0 Å². The number of rotatable bonds is 9. The minimum atomic E-state index is -1.19. The molecule has 0 saturated carbocycles. The molecule has 1 heterocycles. The summed E-state index contributed by atoms with van der Waals surface area (Å²) in [5, 5.41) is 10.1. The van der Waals surface area contributed by atoms with Crippen molar-refractivity contribution in [3.8, 4) is 22.6 Å². The van der Waals surface area contributed by atoms with E-state index in [4.69, 9.17) is 9.47 Å². The number of carbonyl (C=O) groups excluding carboxylic acids is 1. The van der Waals surface area contributed by atoms with Gasteiger partial charge in [-0.1, -0.05) is 24.3 Å². The van der Waals surface area contributed by atoms with Gasteiger partial charge in [0.2, 0.25) is 0 Å². The summed E-state index contributed by atoms with van der Waals surface area (Å²) in [6, 6.07) is 14.4. The van der Waals surface area contributed by atoms with Gasteiger partial charge in [-0.05, 0) is 49.2 Å². The Labute approximate surface area is 206 Å². The molecule has 0 spiro atoms. The van der Waals surface area contributed by atoms with Crippen molar-refractivity contribution in [1.82, 2.24) is 4.98 Å². The number of carbonyl (C=O) groups is 2. The van der Waals surface area contributed by atoms with Crippen molar-refractivity contribution >= 4 is 22.7 Å². The summed E-state index contributed by atoms with van der Waals surface area (Å²) >= 11 is 0. The highest BCUT2D eigenvalue weighted by Gasteiger charge is 2.31. The summed E-state index contributed by atoms with van der Waals surface area (Å²) in [5.74, 6) is -2.52. The molecule has 0 aliphatic carbocycles. The number of H-pyrrole nitrogens is 1. The molecule has 0 aliphatic rings. The molecule has 0 aliphatic heterocycles. The number of ketones is 1. The Morgan fingerprint density at radius 2 is 1.72 bits per heavy atom. The molecule has 0 radical (unpaired) electrons. The first-order chi connectivity index (χ1) is 17.1. The second-order valence-corrected chi connectivity index (χ2v) is 9.11. The van der Waals surface area contributed by atoms with E-state index in [1.165, 1.54) is 21.0 Å². The van der Waals surface area contributed by atoms with E-state index >= 15 is 0 Å². The van der Waals surface area contributed by atoms with Gasteiger partial charge < -0.3 is 19.6 Å². The molecule has 3 aromatic carbocycles. The average molecular weight is 494 g/mol. The second-order valence-electron chi connectivity index (χ2n) is 9.11. The topological polar surface area (TPSA) is 88.6 Å². The van der Waals surface area contributed by atoms with E-state index in [1.807, 2.05) is 18.2 Å². The van der Waals surface area contributed by atoms with Crippen LogP contribution in [0.4, 0.5) is 8.78 Å². The fraction of sp³-hybridized carbons (Fsp3) is 0.214. The van der Waals surface area contributed by atoms with Crippen LogP contribution in [0.25, 0.3) is 22.0 Å². The van der Waals surface area contributed by atoms with Crippen LogP contribution < -0.4 is 9.47 Å². The number of aromatic nitrogens is 1. The third kappa shape index (κ3) is 4.93. The van der Waals surface area contributed by atoms with Crippen LogP contribution in [0.2, 0.25) is 0 Å². The number of methoxy groups -OCH3 is 1. The van der Waals surface area contributed by atoms with E-state index in [1.54, 1.807) is 30.5 Å². The van der Waals surface area contributed by atoms with E-state index in [0.29, 0.717) is 27.8 Å². The maximum absolute atomic E-state index is 13.8. The van der Waals surface area contributed by atoms with Crippen LogP contribution in [0.1, 0.15) is 36.2 Å². The van der Waals surface area contributed by atoms with Gasteiger partial charge in [-0.15, -0.1) is 0 Å². The zero-order chi connectivity index (χ0) is 26.0. The first-order valence-electron chi connectivity index (χ1n) is 11.2. The lowest BCUT2D eigenvalue weighted by Gasteiger charge is -2.17. The largest absolute Gasteiger partial charge is 0.496 e. The molecule has 4 rings (SSSR count). The first kappa shape index (κ1) is 24.9. The molecule has 0 bridgehead atoms. The Kier molecular flexibility index (Phi) is 6.79. The Hall–Kier alpha value is -4.20. The number of benzene rings is 3. The lowest BCUT2D eigenvalue weighted by Crippen LogP contribution is -2.26. The Balaban J connectivity index is 1.56. The smallest absolute Gasteiger partial charge is 0.309 e. The van der Waals surface area contributed by atoms with Gasteiger partial charge in [0.05, 0.1) is 12.5 Å². The third-order valence-corrected chi connectivity index (χ3v) is 6.08. The lowest BCUT2D eigenvalue weighted by molar-refractivity contribution is -0.146. The Morgan fingerprint density at radius 3 is 2.39 bits per heavy atom. The van der Waals surface area contributed by atoms with Gasteiger partial charge in [0.25, 0.3) is 0 Å². The minimum Gasteiger partial charge on any atom is -0.496 e. The third-order valence-electron chi connectivity index (χ3n) is 6.08. The quantitative estimate of drug-likeness (QED) is 0.264. The van der Waals surface area contributed by atoms with E-state index in [-0.39, 0.29) is 24.6 Å². The molecule has 0 unspecified atom stereocenters. The average Bonchev–Trinajstić information content (AvgIpc) is 3.29. The molecule has 0 fully saturated rings. The molecule has 0 saturated heterocycles. The number of halogens is 2. The van der Waals surface area contributed by atoms with E-state index < -0.39 is 23.0 Å². The van der Waals surface area contributed by atoms with Crippen LogP contribution in [-0.4, -0.2) is 29.0 Å². The fourth-order valence-electron chi connectivity index (χ4n) is 3.99. The van der Waals surface area contributed by atoms with E-state index in [2.05, 4.69) is 4.98 Å². The van der Waals surface area contributed by atoms with Crippen molar-refractivity contribution < 1.29 is 33.0 Å². The zero-order valence-electron chi connectivity index (χ0n) is 20.0. The molecule has 8 heteroatoms. The number of hydrogen-bond donors (Lipinski definition) is 2.